The van der Waals surface area contributed by atoms with E-state index < -0.39 is 11.7 Å². The summed E-state index contributed by atoms with van der Waals surface area (Å²) in [5.74, 6) is 1.50. The number of aromatic nitrogens is 3. The minimum atomic E-state index is -4.38. The number of pyridine rings is 1. The summed E-state index contributed by atoms with van der Waals surface area (Å²) in [7, 11) is 1.80. The van der Waals surface area contributed by atoms with Gasteiger partial charge in [-0.05, 0) is 42.5 Å². The highest BCUT2D eigenvalue weighted by Crippen LogP contribution is 2.31. The summed E-state index contributed by atoms with van der Waals surface area (Å²) >= 11 is 0. The molecule has 0 unspecified atom stereocenters. The predicted octanol–water partition coefficient (Wildman–Crippen LogP) is 5.33. The van der Waals surface area contributed by atoms with Crippen molar-refractivity contribution in [2.45, 2.75) is 6.18 Å². The molecule has 7 nitrogen and oxygen atoms in total. The molecule has 2 aromatic heterocycles. The maximum absolute atomic E-state index is 12.7. The van der Waals surface area contributed by atoms with Gasteiger partial charge in [-0.3, -0.25) is 4.98 Å². The zero-order valence-electron chi connectivity index (χ0n) is 16.1. The second kappa shape index (κ2) is 7.98. The van der Waals surface area contributed by atoms with Crippen molar-refractivity contribution in [3.8, 4) is 11.5 Å². The molecule has 2 heterocycles. The second-order valence-corrected chi connectivity index (χ2v) is 6.61. The molecule has 0 saturated heterocycles. The van der Waals surface area contributed by atoms with Gasteiger partial charge in [0, 0.05) is 31.1 Å². The Labute approximate surface area is 174 Å². The zero-order chi connectivity index (χ0) is 22.0. The normalized spacial score (nSPS) is 11.9. The number of ether oxygens (including phenoxy) is 1. The summed E-state index contributed by atoms with van der Waals surface area (Å²) in [5, 5.41) is 14.6. The molecule has 10 heteroatoms. The van der Waals surface area contributed by atoms with Crippen molar-refractivity contribution in [2.24, 2.45) is 12.2 Å². The number of hydrogen-bond donors (Lipinski definition) is 2. The summed E-state index contributed by atoms with van der Waals surface area (Å²) in [6.45, 7) is 0. The first-order valence-electron chi connectivity index (χ1n) is 9.05. The molecule has 0 radical (unpaired) electrons. The lowest BCUT2D eigenvalue weighted by Crippen LogP contribution is -2.05. The highest BCUT2D eigenvalue weighted by molar-refractivity contribution is 5.81. The first-order chi connectivity index (χ1) is 14.8. The SMILES string of the molecule is Cn1c(Nc2ccc(C(F)(F)F)cc2)nc2cc(Oc3ccnc(/C=N\O)c3)ccc21. The predicted molar refractivity (Wildman–Crippen MR) is 109 cm³/mol. The monoisotopic (exact) mass is 427 g/mol. The van der Waals surface area contributed by atoms with E-state index in [1.165, 1.54) is 24.5 Å². The molecular weight excluding hydrogens is 411 g/mol. The zero-order valence-corrected chi connectivity index (χ0v) is 16.1. The number of oxime groups is 1. The number of anilines is 2. The summed E-state index contributed by atoms with van der Waals surface area (Å²) in [6.07, 6.45) is -1.67. The number of imidazole rings is 1. The van der Waals surface area contributed by atoms with Crippen molar-refractivity contribution in [3.63, 3.8) is 0 Å². The number of fused-ring (bicyclic) bond motifs is 1. The van der Waals surface area contributed by atoms with Crippen molar-refractivity contribution in [2.75, 3.05) is 5.32 Å². The fourth-order valence-corrected chi connectivity index (χ4v) is 2.98. The van der Waals surface area contributed by atoms with Crippen LogP contribution in [-0.2, 0) is 13.2 Å². The van der Waals surface area contributed by atoms with Crippen molar-refractivity contribution in [3.05, 3.63) is 72.1 Å². The van der Waals surface area contributed by atoms with Crippen LogP contribution >= 0.6 is 0 Å². The molecule has 158 valence electrons. The number of nitrogens with one attached hydrogen (secondary N) is 1. The largest absolute Gasteiger partial charge is 0.457 e. The van der Waals surface area contributed by atoms with Gasteiger partial charge in [-0.1, -0.05) is 5.16 Å². The highest BCUT2D eigenvalue weighted by Gasteiger charge is 2.30. The maximum Gasteiger partial charge on any atom is 0.416 e. The van der Waals surface area contributed by atoms with E-state index in [0.717, 1.165) is 17.6 Å². The molecule has 0 aliphatic carbocycles. The van der Waals surface area contributed by atoms with Crippen LogP contribution in [0.1, 0.15) is 11.3 Å². The van der Waals surface area contributed by atoms with E-state index in [9.17, 15) is 13.2 Å². The fraction of sp³-hybridized carbons (Fsp3) is 0.0952. The third-order valence-electron chi connectivity index (χ3n) is 4.50. The van der Waals surface area contributed by atoms with Gasteiger partial charge in [-0.15, -0.1) is 0 Å². The van der Waals surface area contributed by atoms with E-state index >= 15 is 0 Å². The number of aryl methyl sites for hydroxylation is 1. The van der Waals surface area contributed by atoms with Gasteiger partial charge < -0.3 is 19.8 Å². The Morgan fingerprint density at radius 3 is 2.52 bits per heavy atom. The lowest BCUT2D eigenvalue weighted by atomic mass is 10.2. The Bertz CT molecular complexity index is 1250. The number of alkyl halides is 3. The molecule has 2 aromatic carbocycles. The highest BCUT2D eigenvalue weighted by atomic mass is 19.4. The van der Waals surface area contributed by atoms with Crippen LogP contribution in [0.4, 0.5) is 24.8 Å². The molecule has 0 aliphatic heterocycles. The van der Waals surface area contributed by atoms with Crippen LogP contribution in [0.25, 0.3) is 11.0 Å². The molecule has 0 saturated carbocycles. The summed E-state index contributed by atoms with van der Waals surface area (Å²) in [4.78, 5) is 8.53. The van der Waals surface area contributed by atoms with Gasteiger partial charge in [0.1, 0.15) is 11.5 Å². The standard InChI is InChI=1S/C21H16F3N5O2/c1-29-19-7-6-16(31-17-8-9-25-15(10-17)12-26-30)11-18(19)28-20(29)27-14-4-2-13(3-5-14)21(22,23)24/h2-12,30H,1H3,(H,27,28)/b26-12-. The molecule has 0 fully saturated rings. The average Bonchev–Trinajstić information content (AvgIpc) is 3.03. The summed E-state index contributed by atoms with van der Waals surface area (Å²) in [5.41, 5.74) is 1.65. The average molecular weight is 427 g/mol. The Balaban J connectivity index is 1.57. The molecule has 0 bridgehead atoms. The number of nitrogens with zero attached hydrogens (tertiary/aromatic N) is 4. The minimum absolute atomic E-state index is 0.432. The van der Waals surface area contributed by atoms with E-state index in [2.05, 4.69) is 20.4 Å². The molecule has 4 aromatic rings. The van der Waals surface area contributed by atoms with Crippen LogP contribution in [0.5, 0.6) is 11.5 Å². The van der Waals surface area contributed by atoms with E-state index in [-0.39, 0.29) is 0 Å². The topological polar surface area (TPSA) is 84.6 Å². The number of halogens is 3. The number of benzene rings is 2. The maximum atomic E-state index is 12.7. The van der Waals surface area contributed by atoms with Gasteiger partial charge >= 0.3 is 6.18 Å². The third kappa shape index (κ3) is 4.42. The molecular formula is C21H16F3N5O2. The Morgan fingerprint density at radius 1 is 1.06 bits per heavy atom. The van der Waals surface area contributed by atoms with Crippen LogP contribution < -0.4 is 10.1 Å². The molecule has 31 heavy (non-hydrogen) atoms. The first-order valence-corrected chi connectivity index (χ1v) is 9.05. The number of rotatable bonds is 5. The van der Waals surface area contributed by atoms with E-state index in [0.29, 0.717) is 34.3 Å². The minimum Gasteiger partial charge on any atom is -0.457 e. The smallest absolute Gasteiger partial charge is 0.416 e. The quantitative estimate of drug-likeness (QED) is 0.255. The molecule has 0 aliphatic rings. The van der Waals surface area contributed by atoms with Crippen LogP contribution in [0.3, 0.4) is 0 Å². The Morgan fingerprint density at radius 2 is 1.81 bits per heavy atom. The van der Waals surface area contributed by atoms with Crippen LogP contribution in [0.15, 0.2) is 65.9 Å². The van der Waals surface area contributed by atoms with Gasteiger partial charge in [0.2, 0.25) is 5.95 Å². The lowest BCUT2D eigenvalue weighted by molar-refractivity contribution is -0.137. The van der Waals surface area contributed by atoms with Crippen LogP contribution in [0.2, 0.25) is 0 Å². The third-order valence-corrected chi connectivity index (χ3v) is 4.50. The summed E-state index contributed by atoms with van der Waals surface area (Å²) in [6, 6.07) is 13.4. The first kappa shape index (κ1) is 20.2. The molecule has 0 atom stereocenters. The van der Waals surface area contributed by atoms with Crippen molar-refractivity contribution in [1.29, 1.82) is 0 Å². The van der Waals surface area contributed by atoms with Crippen LogP contribution in [0, 0.1) is 0 Å². The molecule has 4 rings (SSSR count). The fourth-order valence-electron chi connectivity index (χ4n) is 2.98. The van der Waals surface area contributed by atoms with Gasteiger partial charge in [0.25, 0.3) is 0 Å². The van der Waals surface area contributed by atoms with Crippen molar-refractivity contribution in [1.82, 2.24) is 14.5 Å². The molecule has 0 spiro atoms. The van der Waals surface area contributed by atoms with Crippen LogP contribution in [-0.4, -0.2) is 26.0 Å². The second-order valence-electron chi connectivity index (χ2n) is 6.61. The van der Waals surface area contributed by atoms with E-state index in [1.54, 1.807) is 35.9 Å². The van der Waals surface area contributed by atoms with Crippen molar-refractivity contribution >= 4 is 28.9 Å². The summed E-state index contributed by atoms with van der Waals surface area (Å²) < 4.78 is 45.8. The van der Waals surface area contributed by atoms with E-state index in [4.69, 9.17) is 9.94 Å². The van der Waals surface area contributed by atoms with Gasteiger partial charge in [0.05, 0.1) is 28.5 Å². The van der Waals surface area contributed by atoms with Gasteiger partial charge in [-0.25, -0.2) is 4.98 Å². The lowest BCUT2D eigenvalue weighted by Gasteiger charge is -2.09. The Hall–Kier alpha value is -4.08. The van der Waals surface area contributed by atoms with E-state index in [1.807, 2.05) is 6.07 Å². The molecule has 0 amide bonds. The van der Waals surface area contributed by atoms with Gasteiger partial charge in [-0.2, -0.15) is 13.2 Å². The van der Waals surface area contributed by atoms with Crippen molar-refractivity contribution < 1.29 is 23.1 Å². The number of hydrogen-bond acceptors (Lipinski definition) is 6. The Kier molecular flexibility index (Phi) is 5.20. The van der Waals surface area contributed by atoms with Gasteiger partial charge in [0.15, 0.2) is 0 Å². The molecule has 2 N–H and O–H groups in total.